The second-order valence-electron chi connectivity index (χ2n) is 16.7. The summed E-state index contributed by atoms with van der Waals surface area (Å²) in [6.07, 6.45) is 13.0. The van der Waals surface area contributed by atoms with Crippen LogP contribution in [0.4, 0.5) is 0 Å². The fourth-order valence-corrected chi connectivity index (χ4v) is 12.5. The van der Waals surface area contributed by atoms with E-state index in [2.05, 4.69) is 48.5 Å². The molecular formula is C34H54O4. The van der Waals surface area contributed by atoms with Gasteiger partial charge in [-0.15, -0.1) is 0 Å². The highest BCUT2D eigenvalue weighted by Crippen LogP contribution is 2.77. The molecule has 214 valence electrons. The third kappa shape index (κ3) is 3.39. The maximum absolute atomic E-state index is 12.9. The monoisotopic (exact) mass is 526 g/mol. The fourth-order valence-electron chi connectivity index (χ4n) is 12.5. The van der Waals surface area contributed by atoms with Crippen LogP contribution in [0.25, 0.3) is 0 Å². The highest BCUT2D eigenvalue weighted by Gasteiger charge is 2.72. The van der Waals surface area contributed by atoms with Crippen LogP contribution in [0, 0.1) is 68.5 Å². The van der Waals surface area contributed by atoms with E-state index < -0.39 is 11.4 Å². The van der Waals surface area contributed by atoms with Gasteiger partial charge in [0, 0.05) is 5.41 Å². The van der Waals surface area contributed by atoms with Crippen molar-refractivity contribution in [3.8, 4) is 0 Å². The van der Waals surface area contributed by atoms with Crippen LogP contribution in [0.2, 0.25) is 0 Å². The van der Waals surface area contributed by atoms with Crippen molar-refractivity contribution >= 4 is 11.9 Å². The molecule has 0 radical (unpaired) electrons. The molecule has 0 aliphatic heterocycles. The van der Waals surface area contributed by atoms with E-state index in [0.29, 0.717) is 35.5 Å². The quantitative estimate of drug-likeness (QED) is 0.376. The lowest BCUT2D eigenvalue weighted by Gasteiger charge is -2.72. The van der Waals surface area contributed by atoms with Crippen molar-refractivity contribution in [2.45, 2.75) is 132 Å². The van der Waals surface area contributed by atoms with Crippen LogP contribution in [0.15, 0.2) is 0 Å². The summed E-state index contributed by atoms with van der Waals surface area (Å²) in [4.78, 5) is 25.5. The van der Waals surface area contributed by atoms with Gasteiger partial charge in [-0.1, -0.05) is 48.5 Å². The molecule has 4 nitrogen and oxygen atoms in total. The predicted octanol–water partition coefficient (Wildman–Crippen LogP) is 8.13. The van der Waals surface area contributed by atoms with Crippen molar-refractivity contribution in [3.05, 3.63) is 0 Å². The van der Waals surface area contributed by atoms with Gasteiger partial charge in [0.2, 0.25) is 0 Å². The molecule has 4 heteroatoms. The molecule has 0 aromatic heterocycles. The summed E-state index contributed by atoms with van der Waals surface area (Å²) in [5, 5.41) is 10.6. The molecule has 6 saturated carbocycles. The second kappa shape index (κ2) is 8.48. The van der Waals surface area contributed by atoms with E-state index in [9.17, 15) is 14.7 Å². The fraction of sp³-hybridized carbons (Fsp3) is 0.941. The van der Waals surface area contributed by atoms with Gasteiger partial charge in [0.25, 0.3) is 0 Å². The Labute approximate surface area is 231 Å². The van der Waals surface area contributed by atoms with Crippen LogP contribution in [-0.2, 0) is 14.3 Å². The number of hydrogen-bond acceptors (Lipinski definition) is 3. The van der Waals surface area contributed by atoms with Gasteiger partial charge in [0.1, 0.15) is 6.10 Å². The Morgan fingerprint density at radius 3 is 2.11 bits per heavy atom. The number of aliphatic carboxylic acids is 1. The molecule has 1 unspecified atom stereocenters. The third-order valence-electron chi connectivity index (χ3n) is 14.9. The number of rotatable bonds is 4. The summed E-state index contributed by atoms with van der Waals surface area (Å²) < 4.78 is 6.21. The minimum absolute atomic E-state index is 0.00412. The molecule has 6 fully saturated rings. The summed E-state index contributed by atoms with van der Waals surface area (Å²) in [5.74, 6) is 2.88. The van der Waals surface area contributed by atoms with Gasteiger partial charge >= 0.3 is 11.9 Å². The zero-order valence-corrected chi connectivity index (χ0v) is 25.3. The number of carboxylic acid groups (broad SMARTS) is 1. The Morgan fingerprint density at radius 2 is 1.47 bits per heavy atom. The normalized spacial score (nSPS) is 51.4. The topological polar surface area (TPSA) is 63.6 Å². The average molecular weight is 527 g/mol. The number of carbonyl (C=O) groups is 2. The number of carboxylic acids is 1. The lowest BCUT2D eigenvalue weighted by molar-refractivity contribution is -0.252. The zero-order chi connectivity index (χ0) is 27.5. The first kappa shape index (κ1) is 27.1. The van der Waals surface area contributed by atoms with Crippen molar-refractivity contribution < 1.29 is 19.4 Å². The Hall–Kier alpha value is -1.06. The number of hydrogen-bond donors (Lipinski definition) is 1. The van der Waals surface area contributed by atoms with Gasteiger partial charge in [-0.3, -0.25) is 9.59 Å². The summed E-state index contributed by atoms with van der Waals surface area (Å²) in [7, 11) is 0. The number of esters is 1. The highest BCUT2D eigenvalue weighted by molar-refractivity contribution is 5.76. The first-order valence-electron chi connectivity index (χ1n) is 16.2. The summed E-state index contributed by atoms with van der Waals surface area (Å²) in [6.45, 7) is 17.3. The van der Waals surface area contributed by atoms with E-state index in [4.69, 9.17) is 4.74 Å². The van der Waals surface area contributed by atoms with E-state index in [1.165, 1.54) is 25.7 Å². The Balaban J connectivity index is 1.32. The minimum atomic E-state index is -0.503. The largest absolute Gasteiger partial charge is 0.481 e. The molecule has 1 N–H and O–H groups in total. The molecule has 0 heterocycles. The van der Waals surface area contributed by atoms with Crippen LogP contribution >= 0.6 is 0 Å². The Bertz CT molecular complexity index is 996. The molecule has 6 aliphatic rings. The number of fused-ring (bicyclic) bond motifs is 7. The third-order valence-corrected chi connectivity index (χ3v) is 14.9. The van der Waals surface area contributed by atoms with E-state index in [1.54, 1.807) is 0 Å². The Kier molecular flexibility index (Phi) is 6.05. The predicted molar refractivity (Wildman–Crippen MR) is 149 cm³/mol. The van der Waals surface area contributed by atoms with E-state index in [0.717, 1.165) is 51.4 Å². The average Bonchev–Trinajstić information content (AvgIpc) is 3.61. The molecule has 0 spiro atoms. The standard InChI is InChI=1S/C34H54O4/c1-20(2)22-12-17-34(29(36)37)19-18-32(6)23(27(22)34)10-11-25-31(5)15-14-26(38-28(35)21-8-9-21)30(3,4)24(31)13-16-33(25,32)7/h20-27H,8-19H2,1-7H3,(H,36,37)/t22-,23?,24-,25+,26+,27-,31-,32+,33+,34-/m0/s1. The van der Waals surface area contributed by atoms with Crippen molar-refractivity contribution in [1.82, 2.24) is 0 Å². The van der Waals surface area contributed by atoms with E-state index >= 15 is 0 Å². The molecule has 6 aliphatic carbocycles. The molecular weight excluding hydrogens is 472 g/mol. The highest BCUT2D eigenvalue weighted by atomic mass is 16.5. The van der Waals surface area contributed by atoms with Crippen molar-refractivity contribution in [1.29, 1.82) is 0 Å². The number of ether oxygens (including phenoxy) is 1. The first-order chi connectivity index (χ1) is 17.7. The molecule has 0 aromatic rings. The van der Waals surface area contributed by atoms with Crippen molar-refractivity contribution in [2.75, 3.05) is 0 Å². The summed E-state index contributed by atoms with van der Waals surface area (Å²) in [6, 6.07) is 0. The van der Waals surface area contributed by atoms with E-state index in [-0.39, 0.29) is 39.7 Å². The van der Waals surface area contributed by atoms with Crippen LogP contribution in [0.3, 0.4) is 0 Å². The Morgan fingerprint density at radius 1 is 0.763 bits per heavy atom. The van der Waals surface area contributed by atoms with Gasteiger partial charge in [0.15, 0.2) is 0 Å². The van der Waals surface area contributed by atoms with Gasteiger partial charge in [-0.2, -0.15) is 0 Å². The minimum Gasteiger partial charge on any atom is -0.481 e. The van der Waals surface area contributed by atoms with Crippen molar-refractivity contribution in [3.63, 3.8) is 0 Å². The van der Waals surface area contributed by atoms with Crippen LogP contribution in [-0.4, -0.2) is 23.1 Å². The van der Waals surface area contributed by atoms with Crippen LogP contribution in [0.5, 0.6) is 0 Å². The van der Waals surface area contributed by atoms with Crippen LogP contribution in [0.1, 0.15) is 126 Å². The maximum Gasteiger partial charge on any atom is 0.309 e. The SMILES string of the molecule is CC(C)[C@@H]1CC[C@]2(C(=O)O)CC[C@]3(C)C(CC[C@@H]4[C@@]5(C)CC[C@@H](OC(=O)C6CC6)C(C)(C)[C@@H]5CC[C@]43C)[C@H]12. The molecule has 6 rings (SSSR count). The second-order valence-corrected chi connectivity index (χ2v) is 16.7. The molecule has 10 atom stereocenters. The summed E-state index contributed by atoms with van der Waals surface area (Å²) in [5.41, 5.74) is 0.195. The summed E-state index contributed by atoms with van der Waals surface area (Å²) >= 11 is 0. The zero-order valence-electron chi connectivity index (χ0n) is 25.3. The van der Waals surface area contributed by atoms with Gasteiger partial charge in [-0.25, -0.2) is 0 Å². The van der Waals surface area contributed by atoms with Gasteiger partial charge < -0.3 is 9.84 Å². The van der Waals surface area contributed by atoms with Crippen LogP contribution < -0.4 is 0 Å². The molecule has 0 amide bonds. The molecule has 0 bridgehead atoms. The first-order valence-corrected chi connectivity index (χ1v) is 16.2. The smallest absolute Gasteiger partial charge is 0.309 e. The molecule has 38 heavy (non-hydrogen) atoms. The molecule has 0 aromatic carbocycles. The molecule has 0 saturated heterocycles. The van der Waals surface area contributed by atoms with Gasteiger partial charge in [-0.05, 0) is 129 Å². The van der Waals surface area contributed by atoms with E-state index in [1.807, 2.05) is 0 Å². The number of carbonyl (C=O) groups excluding carboxylic acids is 1. The lowest BCUT2D eigenvalue weighted by atomic mass is 9.32. The maximum atomic E-state index is 12.9. The van der Waals surface area contributed by atoms with Crippen molar-refractivity contribution in [2.24, 2.45) is 68.5 Å². The van der Waals surface area contributed by atoms with Gasteiger partial charge in [0.05, 0.1) is 11.3 Å². The lowest BCUT2D eigenvalue weighted by Crippen LogP contribution is -2.67.